The van der Waals surface area contributed by atoms with Crippen LogP contribution in [0.25, 0.3) is 0 Å². The van der Waals surface area contributed by atoms with Gasteiger partial charge in [0.2, 0.25) is 0 Å². The van der Waals surface area contributed by atoms with Gasteiger partial charge < -0.3 is 4.74 Å². The highest BCUT2D eigenvalue weighted by Crippen LogP contribution is 2.48. The molecule has 1 aliphatic heterocycles. The van der Waals surface area contributed by atoms with Crippen molar-refractivity contribution < 1.29 is 9.53 Å². The molecule has 0 aliphatic carbocycles. The van der Waals surface area contributed by atoms with Crippen molar-refractivity contribution in [2.45, 2.75) is 31.6 Å². The van der Waals surface area contributed by atoms with Crippen molar-refractivity contribution in [1.82, 2.24) is 0 Å². The summed E-state index contributed by atoms with van der Waals surface area (Å²) in [5.74, 6) is 0.599. The Hall–Kier alpha value is -1.61. The lowest BCUT2D eigenvalue weighted by Gasteiger charge is -2.24. The highest BCUT2D eigenvalue weighted by molar-refractivity contribution is 7.10. The summed E-state index contributed by atoms with van der Waals surface area (Å²) in [5.41, 5.74) is 0.441. The summed E-state index contributed by atoms with van der Waals surface area (Å²) < 4.78 is 5.51. The van der Waals surface area contributed by atoms with Crippen LogP contribution in [0.5, 0.6) is 5.75 Å². The second-order valence-electron chi connectivity index (χ2n) is 4.87. The number of thiophene rings is 1. The fourth-order valence-electron chi connectivity index (χ4n) is 2.76. The monoisotopic (exact) mass is 272 g/mol. The van der Waals surface area contributed by atoms with Gasteiger partial charge in [-0.1, -0.05) is 44.0 Å². The van der Waals surface area contributed by atoms with Crippen LogP contribution < -0.4 is 4.74 Å². The van der Waals surface area contributed by atoms with Gasteiger partial charge in [-0.3, -0.25) is 4.79 Å². The third kappa shape index (κ3) is 1.80. The summed E-state index contributed by atoms with van der Waals surface area (Å²) in [6.45, 7) is 2.15. The first-order valence-corrected chi connectivity index (χ1v) is 7.53. The lowest BCUT2D eigenvalue weighted by Crippen LogP contribution is -2.34. The first-order valence-electron chi connectivity index (χ1n) is 6.65. The van der Waals surface area contributed by atoms with E-state index in [1.807, 2.05) is 41.8 Å². The zero-order chi connectivity index (χ0) is 13.3. The largest absolute Gasteiger partial charge is 0.425 e. The molecule has 3 heteroatoms. The van der Waals surface area contributed by atoms with Crippen LogP contribution in [0.4, 0.5) is 0 Å². The van der Waals surface area contributed by atoms with Gasteiger partial charge in [-0.2, -0.15) is 0 Å². The van der Waals surface area contributed by atoms with Gasteiger partial charge in [-0.05, 0) is 23.9 Å². The maximum absolute atomic E-state index is 12.5. The summed E-state index contributed by atoms with van der Waals surface area (Å²) in [4.78, 5) is 13.6. The minimum absolute atomic E-state index is 0.121. The average Bonchev–Trinajstić information content (AvgIpc) is 3.03. The van der Waals surface area contributed by atoms with Crippen molar-refractivity contribution in [2.75, 3.05) is 0 Å². The number of fused-ring (bicyclic) bond motifs is 1. The molecule has 0 saturated carbocycles. The molecule has 0 bridgehead atoms. The third-order valence-electron chi connectivity index (χ3n) is 3.75. The molecular weight excluding hydrogens is 256 g/mol. The number of benzene rings is 1. The van der Waals surface area contributed by atoms with E-state index in [4.69, 9.17) is 4.74 Å². The van der Waals surface area contributed by atoms with E-state index >= 15 is 0 Å². The van der Waals surface area contributed by atoms with Gasteiger partial charge in [-0.25, -0.2) is 0 Å². The number of rotatable bonds is 4. The zero-order valence-electron chi connectivity index (χ0n) is 10.9. The lowest BCUT2D eigenvalue weighted by molar-refractivity contribution is -0.137. The molecule has 0 spiro atoms. The molecule has 0 saturated heterocycles. The summed E-state index contributed by atoms with van der Waals surface area (Å²) in [7, 11) is 0. The molecule has 0 radical (unpaired) electrons. The molecule has 2 heterocycles. The smallest absolute Gasteiger partial charge is 0.327 e. The van der Waals surface area contributed by atoms with Crippen molar-refractivity contribution in [2.24, 2.45) is 0 Å². The SMILES string of the molecule is CCCCC1(c2cccs2)C(=O)Oc2ccccc21. The Morgan fingerprint density at radius 3 is 2.79 bits per heavy atom. The number of unbranched alkanes of at least 4 members (excludes halogenated alkanes) is 1. The van der Waals surface area contributed by atoms with Crippen LogP contribution in [-0.4, -0.2) is 5.97 Å². The maximum Gasteiger partial charge on any atom is 0.327 e. The minimum Gasteiger partial charge on any atom is -0.425 e. The van der Waals surface area contributed by atoms with E-state index in [1.54, 1.807) is 11.3 Å². The average molecular weight is 272 g/mol. The van der Waals surface area contributed by atoms with Gasteiger partial charge >= 0.3 is 5.97 Å². The van der Waals surface area contributed by atoms with Crippen molar-refractivity contribution in [3.8, 4) is 5.75 Å². The van der Waals surface area contributed by atoms with Crippen LogP contribution in [0.15, 0.2) is 41.8 Å². The Bertz CT molecular complexity index is 589. The van der Waals surface area contributed by atoms with Crippen LogP contribution in [-0.2, 0) is 10.2 Å². The van der Waals surface area contributed by atoms with E-state index in [9.17, 15) is 4.79 Å². The Morgan fingerprint density at radius 1 is 1.21 bits per heavy atom. The highest BCUT2D eigenvalue weighted by Gasteiger charge is 2.50. The van der Waals surface area contributed by atoms with Gasteiger partial charge in [0.15, 0.2) is 0 Å². The Morgan fingerprint density at radius 2 is 2.05 bits per heavy atom. The molecule has 1 aromatic heterocycles. The van der Waals surface area contributed by atoms with E-state index in [1.165, 1.54) is 0 Å². The molecule has 2 aromatic rings. The van der Waals surface area contributed by atoms with Crippen LogP contribution in [0.2, 0.25) is 0 Å². The number of ether oxygens (including phenoxy) is 1. The minimum atomic E-state index is -0.583. The van der Waals surface area contributed by atoms with Crippen molar-refractivity contribution in [1.29, 1.82) is 0 Å². The van der Waals surface area contributed by atoms with E-state index < -0.39 is 5.41 Å². The number of esters is 1. The maximum atomic E-state index is 12.5. The van der Waals surface area contributed by atoms with E-state index in [-0.39, 0.29) is 5.97 Å². The van der Waals surface area contributed by atoms with Crippen molar-refractivity contribution in [3.63, 3.8) is 0 Å². The molecule has 0 N–H and O–H groups in total. The highest BCUT2D eigenvalue weighted by atomic mass is 32.1. The van der Waals surface area contributed by atoms with E-state index in [0.29, 0.717) is 0 Å². The van der Waals surface area contributed by atoms with E-state index in [0.717, 1.165) is 35.5 Å². The number of hydrogen-bond acceptors (Lipinski definition) is 3. The topological polar surface area (TPSA) is 26.3 Å². The standard InChI is InChI=1S/C16H16O2S/c1-2-3-10-16(14-9-6-11-19-14)12-7-4-5-8-13(12)18-15(16)17/h4-9,11H,2-3,10H2,1H3. The molecule has 0 fully saturated rings. The molecule has 1 aliphatic rings. The Labute approximate surface area is 117 Å². The fourth-order valence-corrected chi connectivity index (χ4v) is 3.72. The molecule has 19 heavy (non-hydrogen) atoms. The van der Waals surface area contributed by atoms with Crippen LogP contribution in [0.1, 0.15) is 36.6 Å². The van der Waals surface area contributed by atoms with Gasteiger partial charge in [0.05, 0.1) is 0 Å². The second kappa shape index (κ2) is 4.82. The first kappa shape index (κ1) is 12.4. The molecule has 2 nitrogen and oxygen atoms in total. The van der Waals surface area contributed by atoms with E-state index in [2.05, 4.69) is 6.92 Å². The van der Waals surface area contributed by atoms with Gasteiger partial charge in [0, 0.05) is 10.4 Å². The van der Waals surface area contributed by atoms with Gasteiger partial charge in [0.25, 0.3) is 0 Å². The normalized spacial score (nSPS) is 21.2. The van der Waals surface area contributed by atoms with Crippen LogP contribution >= 0.6 is 11.3 Å². The molecule has 1 aromatic carbocycles. The summed E-state index contributed by atoms with van der Waals surface area (Å²) in [6.07, 6.45) is 2.91. The summed E-state index contributed by atoms with van der Waals surface area (Å²) >= 11 is 1.64. The molecule has 98 valence electrons. The molecule has 0 amide bonds. The number of hydrogen-bond donors (Lipinski definition) is 0. The number of carbonyl (C=O) groups excluding carboxylic acids is 1. The second-order valence-corrected chi connectivity index (χ2v) is 5.82. The molecule has 1 atom stereocenters. The molecular formula is C16H16O2S. The van der Waals surface area contributed by atoms with Crippen molar-refractivity contribution >= 4 is 17.3 Å². The van der Waals surface area contributed by atoms with Gasteiger partial charge in [-0.15, -0.1) is 11.3 Å². The fraction of sp³-hybridized carbons (Fsp3) is 0.312. The predicted molar refractivity (Wildman–Crippen MR) is 76.7 cm³/mol. The predicted octanol–water partition coefficient (Wildman–Crippen LogP) is 4.14. The lowest BCUT2D eigenvalue weighted by atomic mass is 9.76. The van der Waals surface area contributed by atoms with Crippen LogP contribution in [0.3, 0.4) is 0 Å². The first-order chi connectivity index (χ1) is 9.29. The van der Waals surface area contributed by atoms with Crippen molar-refractivity contribution in [3.05, 3.63) is 52.2 Å². The summed E-state index contributed by atoms with van der Waals surface area (Å²) in [6, 6.07) is 11.8. The third-order valence-corrected chi connectivity index (χ3v) is 4.78. The van der Waals surface area contributed by atoms with Crippen LogP contribution in [0, 0.1) is 0 Å². The molecule has 3 rings (SSSR count). The zero-order valence-corrected chi connectivity index (χ0v) is 11.7. The number of carbonyl (C=O) groups is 1. The Kier molecular flexibility index (Phi) is 3.15. The Balaban J connectivity index is 2.17. The van der Waals surface area contributed by atoms with Gasteiger partial charge in [0.1, 0.15) is 11.2 Å². The quantitative estimate of drug-likeness (QED) is 0.617. The number of para-hydroxylation sites is 1. The molecule has 1 unspecified atom stereocenters. The summed E-state index contributed by atoms with van der Waals surface area (Å²) in [5, 5.41) is 2.03.